The van der Waals surface area contributed by atoms with Crippen LogP contribution >= 0.6 is 0 Å². The number of aryl methyl sites for hydroxylation is 1. The van der Waals surface area contributed by atoms with Crippen molar-refractivity contribution in [3.63, 3.8) is 0 Å². The summed E-state index contributed by atoms with van der Waals surface area (Å²) in [6.07, 6.45) is 8.26. The van der Waals surface area contributed by atoms with Crippen LogP contribution in [-0.4, -0.2) is 29.5 Å². The van der Waals surface area contributed by atoms with Gasteiger partial charge in [-0.15, -0.1) is 0 Å². The number of rotatable bonds is 5. The van der Waals surface area contributed by atoms with Crippen LogP contribution < -0.4 is 10.1 Å². The van der Waals surface area contributed by atoms with Gasteiger partial charge >= 0.3 is 0 Å². The lowest BCUT2D eigenvalue weighted by molar-refractivity contribution is 0.386. The fraction of sp³-hybridized carbons (Fsp3) is 0.800. The number of hydrogen-bond donors (Lipinski definition) is 1. The van der Waals surface area contributed by atoms with E-state index in [1.165, 1.54) is 37.8 Å². The zero-order valence-corrected chi connectivity index (χ0v) is 12.5. The molecule has 4 heteroatoms. The Kier molecular flexibility index (Phi) is 5.25. The van der Waals surface area contributed by atoms with Gasteiger partial charge in [0.25, 0.3) is 0 Å². The normalized spacial score (nSPS) is 24.2. The average Bonchev–Trinajstić information content (AvgIpc) is 2.71. The number of aromatic nitrogens is 2. The van der Waals surface area contributed by atoms with Crippen molar-refractivity contribution in [1.82, 2.24) is 15.1 Å². The molecule has 4 nitrogen and oxygen atoms in total. The standard InChI is InChI=1S/C15H27N3O/c1-4-16-13-9-7-6-8-12(10-13)15-14(19-3)11-17-18(15)5-2/h11-13,16H,4-10H2,1-3H3. The van der Waals surface area contributed by atoms with E-state index in [9.17, 15) is 0 Å². The van der Waals surface area contributed by atoms with E-state index in [4.69, 9.17) is 4.74 Å². The van der Waals surface area contributed by atoms with E-state index in [1.54, 1.807) is 7.11 Å². The number of methoxy groups -OCH3 is 1. The first kappa shape index (κ1) is 14.4. The summed E-state index contributed by atoms with van der Waals surface area (Å²) in [7, 11) is 1.75. The first-order valence-electron chi connectivity index (χ1n) is 7.63. The third-order valence-corrected chi connectivity index (χ3v) is 4.17. The molecule has 1 heterocycles. The molecule has 2 unspecified atom stereocenters. The fourth-order valence-electron chi connectivity index (χ4n) is 3.28. The Balaban J connectivity index is 2.20. The van der Waals surface area contributed by atoms with Crippen LogP contribution in [0.1, 0.15) is 57.6 Å². The van der Waals surface area contributed by atoms with Crippen LogP contribution in [0.15, 0.2) is 6.20 Å². The third kappa shape index (κ3) is 3.30. The van der Waals surface area contributed by atoms with Gasteiger partial charge in [0.15, 0.2) is 5.75 Å². The maximum atomic E-state index is 5.51. The van der Waals surface area contributed by atoms with Gasteiger partial charge in [0.05, 0.1) is 19.0 Å². The Morgan fingerprint density at radius 3 is 2.84 bits per heavy atom. The first-order chi connectivity index (χ1) is 9.30. The van der Waals surface area contributed by atoms with E-state index >= 15 is 0 Å². The molecule has 1 N–H and O–H groups in total. The molecule has 1 fully saturated rings. The molecule has 0 amide bonds. The van der Waals surface area contributed by atoms with Crippen LogP contribution in [0.2, 0.25) is 0 Å². The van der Waals surface area contributed by atoms with Crippen molar-refractivity contribution in [1.29, 1.82) is 0 Å². The van der Waals surface area contributed by atoms with E-state index in [2.05, 4.69) is 28.9 Å². The van der Waals surface area contributed by atoms with Gasteiger partial charge in [-0.05, 0) is 32.7 Å². The Labute approximate surface area is 116 Å². The lowest BCUT2D eigenvalue weighted by atomic mass is 9.94. The summed E-state index contributed by atoms with van der Waals surface area (Å²) in [5.41, 5.74) is 1.30. The summed E-state index contributed by atoms with van der Waals surface area (Å²) in [6.45, 7) is 6.31. The van der Waals surface area contributed by atoms with Crippen LogP contribution in [0, 0.1) is 0 Å². The van der Waals surface area contributed by atoms with Crippen molar-refractivity contribution in [3.8, 4) is 5.75 Å². The highest BCUT2D eigenvalue weighted by Gasteiger charge is 2.26. The fourth-order valence-corrected chi connectivity index (χ4v) is 3.28. The molecule has 108 valence electrons. The molecule has 1 aliphatic carbocycles. The van der Waals surface area contributed by atoms with Gasteiger partial charge in [-0.2, -0.15) is 5.10 Å². The van der Waals surface area contributed by atoms with E-state index in [1.807, 2.05) is 6.20 Å². The molecule has 0 bridgehead atoms. The van der Waals surface area contributed by atoms with E-state index in [0.717, 1.165) is 18.8 Å². The Morgan fingerprint density at radius 2 is 2.16 bits per heavy atom. The van der Waals surface area contributed by atoms with Crippen LogP contribution in [-0.2, 0) is 6.54 Å². The van der Waals surface area contributed by atoms with E-state index in [0.29, 0.717) is 12.0 Å². The zero-order chi connectivity index (χ0) is 13.7. The second kappa shape index (κ2) is 6.94. The topological polar surface area (TPSA) is 39.1 Å². The molecule has 0 saturated heterocycles. The summed E-state index contributed by atoms with van der Waals surface area (Å²) in [5.74, 6) is 1.54. The van der Waals surface area contributed by atoms with Crippen LogP contribution in [0.25, 0.3) is 0 Å². The summed E-state index contributed by atoms with van der Waals surface area (Å²) >= 11 is 0. The van der Waals surface area contributed by atoms with Gasteiger partial charge in [-0.3, -0.25) is 4.68 Å². The Morgan fingerprint density at radius 1 is 1.37 bits per heavy atom. The Bertz CT molecular complexity index is 367. The van der Waals surface area contributed by atoms with Crippen molar-refractivity contribution < 1.29 is 4.74 Å². The monoisotopic (exact) mass is 265 g/mol. The lowest BCUT2D eigenvalue weighted by Crippen LogP contribution is -2.29. The third-order valence-electron chi connectivity index (χ3n) is 4.17. The second-order valence-corrected chi connectivity index (χ2v) is 5.39. The highest BCUT2D eigenvalue weighted by atomic mass is 16.5. The molecule has 1 saturated carbocycles. The number of nitrogens with one attached hydrogen (secondary N) is 1. The van der Waals surface area contributed by atoms with Crippen molar-refractivity contribution in [3.05, 3.63) is 11.9 Å². The van der Waals surface area contributed by atoms with Gasteiger partial charge in [0.1, 0.15) is 0 Å². The summed E-state index contributed by atoms with van der Waals surface area (Å²) in [6, 6.07) is 0.641. The van der Waals surface area contributed by atoms with Crippen molar-refractivity contribution in [2.75, 3.05) is 13.7 Å². The maximum absolute atomic E-state index is 5.51. The van der Waals surface area contributed by atoms with Crippen LogP contribution in [0.5, 0.6) is 5.75 Å². The largest absolute Gasteiger partial charge is 0.493 e. The smallest absolute Gasteiger partial charge is 0.160 e. The average molecular weight is 265 g/mol. The predicted octanol–water partition coefficient (Wildman–Crippen LogP) is 2.94. The van der Waals surface area contributed by atoms with Gasteiger partial charge < -0.3 is 10.1 Å². The van der Waals surface area contributed by atoms with Gasteiger partial charge in [0.2, 0.25) is 0 Å². The maximum Gasteiger partial charge on any atom is 0.160 e. The number of ether oxygens (including phenoxy) is 1. The van der Waals surface area contributed by atoms with Crippen LogP contribution in [0.3, 0.4) is 0 Å². The molecular formula is C15H27N3O. The predicted molar refractivity (Wildman–Crippen MR) is 77.7 cm³/mol. The van der Waals surface area contributed by atoms with Gasteiger partial charge in [-0.1, -0.05) is 19.8 Å². The molecule has 2 atom stereocenters. The highest BCUT2D eigenvalue weighted by Crippen LogP contribution is 2.36. The SMILES string of the molecule is CCNC1CCCCC(c2c(OC)cnn2CC)C1. The number of nitrogens with zero attached hydrogens (tertiary/aromatic N) is 2. The highest BCUT2D eigenvalue weighted by molar-refractivity contribution is 5.29. The van der Waals surface area contributed by atoms with Gasteiger partial charge in [-0.25, -0.2) is 0 Å². The molecule has 0 aromatic carbocycles. The Hall–Kier alpha value is -1.03. The second-order valence-electron chi connectivity index (χ2n) is 5.39. The quantitative estimate of drug-likeness (QED) is 0.832. The molecule has 1 aliphatic rings. The summed E-state index contributed by atoms with van der Waals surface area (Å²) in [5, 5.41) is 8.07. The molecule has 1 aromatic heterocycles. The van der Waals surface area contributed by atoms with Crippen molar-refractivity contribution in [2.24, 2.45) is 0 Å². The molecule has 0 spiro atoms. The van der Waals surface area contributed by atoms with Gasteiger partial charge in [0, 0.05) is 18.5 Å². The molecular weight excluding hydrogens is 238 g/mol. The minimum atomic E-state index is 0.573. The summed E-state index contributed by atoms with van der Waals surface area (Å²) in [4.78, 5) is 0. The lowest BCUT2D eigenvalue weighted by Gasteiger charge is -2.22. The first-order valence-corrected chi connectivity index (χ1v) is 7.63. The van der Waals surface area contributed by atoms with Crippen molar-refractivity contribution >= 4 is 0 Å². The van der Waals surface area contributed by atoms with E-state index < -0.39 is 0 Å². The van der Waals surface area contributed by atoms with E-state index in [-0.39, 0.29) is 0 Å². The van der Waals surface area contributed by atoms with Crippen LogP contribution in [0.4, 0.5) is 0 Å². The zero-order valence-electron chi connectivity index (χ0n) is 12.5. The minimum Gasteiger partial charge on any atom is -0.493 e. The molecule has 19 heavy (non-hydrogen) atoms. The molecule has 1 aromatic rings. The molecule has 2 rings (SSSR count). The summed E-state index contributed by atoms with van der Waals surface area (Å²) < 4.78 is 7.62. The molecule has 0 radical (unpaired) electrons. The minimum absolute atomic E-state index is 0.573. The number of hydrogen-bond acceptors (Lipinski definition) is 3. The van der Waals surface area contributed by atoms with Crippen molar-refractivity contribution in [2.45, 2.75) is 64.5 Å². The molecule has 0 aliphatic heterocycles.